The van der Waals surface area contributed by atoms with Crippen molar-refractivity contribution in [3.63, 3.8) is 0 Å². The smallest absolute Gasteiger partial charge is 0.0589 e. The van der Waals surface area contributed by atoms with Crippen LogP contribution in [0.3, 0.4) is 0 Å². The van der Waals surface area contributed by atoms with Gasteiger partial charge in [-0.1, -0.05) is 24.9 Å². The van der Waals surface area contributed by atoms with Crippen molar-refractivity contribution in [2.45, 2.75) is 26.2 Å². The van der Waals surface area contributed by atoms with Crippen LogP contribution >= 0.6 is 11.6 Å². The van der Waals surface area contributed by atoms with Crippen molar-refractivity contribution < 1.29 is 0 Å². The van der Waals surface area contributed by atoms with Crippen molar-refractivity contribution in [2.75, 3.05) is 17.6 Å². The minimum atomic E-state index is 0.453. The van der Waals surface area contributed by atoms with E-state index in [9.17, 15) is 0 Å². The number of halogens is 1. The molecule has 82 valence electrons. The maximum Gasteiger partial charge on any atom is 0.0589 e. The van der Waals surface area contributed by atoms with Crippen molar-refractivity contribution in [3.05, 3.63) is 23.2 Å². The molecule has 0 bridgehead atoms. The molecule has 0 radical (unpaired) electrons. The van der Waals surface area contributed by atoms with Crippen molar-refractivity contribution >= 4 is 23.0 Å². The second kappa shape index (κ2) is 3.93. The maximum absolute atomic E-state index is 5.92. The molecule has 2 nitrogen and oxygen atoms in total. The minimum absolute atomic E-state index is 0.453. The molecule has 0 heterocycles. The average Bonchev–Trinajstić information content (AvgIpc) is 2.17. The number of nitrogen functional groups attached to an aromatic ring is 1. The fraction of sp³-hybridized carbons (Fsp3) is 0.500. The van der Waals surface area contributed by atoms with Crippen LogP contribution in [-0.4, -0.2) is 6.54 Å². The molecule has 3 N–H and O–H groups in total. The number of benzene rings is 1. The van der Waals surface area contributed by atoms with Gasteiger partial charge in [0.1, 0.15) is 0 Å². The zero-order chi connectivity index (χ0) is 10.9. The summed E-state index contributed by atoms with van der Waals surface area (Å²) in [5, 5.41) is 4.11. The van der Waals surface area contributed by atoms with E-state index in [-0.39, 0.29) is 0 Å². The molecule has 1 fully saturated rings. The first-order valence-electron chi connectivity index (χ1n) is 5.38. The fourth-order valence-corrected chi connectivity index (χ4v) is 2.12. The summed E-state index contributed by atoms with van der Waals surface area (Å²) in [5.41, 5.74) is 8.03. The Morgan fingerprint density at radius 2 is 2.20 bits per heavy atom. The summed E-state index contributed by atoms with van der Waals surface area (Å²) in [4.78, 5) is 0. The van der Waals surface area contributed by atoms with Crippen LogP contribution in [0.5, 0.6) is 0 Å². The molecule has 0 amide bonds. The van der Waals surface area contributed by atoms with E-state index in [0.717, 1.165) is 22.9 Å². The van der Waals surface area contributed by atoms with Gasteiger partial charge in [0, 0.05) is 11.6 Å². The number of nitrogens with one attached hydrogen (secondary N) is 1. The zero-order valence-electron chi connectivity index (χ0n) is 9.02. The highest BCUT2D eigenvalue weighted by molar-refractivity contribution is 6.31. The molecular formula is C12H17ClN2. The Bertz CT molecular complexity index is 359. The van der Waals surface area contributed by atoms with Gasteiger partial charge in [0.05, 0.1) is 11.4 Å². The molecule has 0 saturated heterocycles. The summed E-state index contributed by atoms with van der Waals surface area (Å²) in [5.74, 6) is 0. The van der Waals surface area contributed by atoms with Crippen molar-refractivity contribution in [1.29, 1.82) is 0 Å². The Morgan fingerprint density at radius 3 is 2.80 bits per heavy atom. The summed E-state index contributed by atoms with van der Waals surface area (Å²) < 4.78 is 0. The van der Waals surface area contributed by atoms with E-state index in [1.165, 1.54) is 19.3 Å². The Hall–Kier alpha value is -0.890. The molecule has 15 heavy (non-hydrogen) atoms. The molecule has 1 aromatic rings. The van der Waals surface area contributed by atoms with E-state index in [2.05, 4.69) is 12.2 Å². The molecule has 1 aliphatic carbocycles. The molecule has 3 heteroatoms. The number of anilines is 2. The van der Waals surface area contributed by atoms with Gasteiger partial charge in [0.25, 0.3) is 0 Å². The van der Waals surface area contributed by atoms with Crippen molar-refractivity contribution in [2.24, 2.45) is 5.41 Å². The lowest BCUT2D eigenvalue weighted by molar-refractivity contribution is 0.180. The van der Waals surface area contributed by atoms with Gasteiger partial charge in [-0.2, -0.15) is 0 Å². The molecule has 1 aliphatic rings. The van der Waals surface area contributed by atoms with Gasteiger partial charge in [-0.25, -0.2) is 0 Å². The predicted molar refractivity (Wildman–Crippen MR) is 66.3 cm³/mol. The van der Waals surface area contributed by atoms with Crippen LogP contribution in [-0.2, 0) is 0 Å². The molecule has 0 unspecified atom stereocenters. The first-order valence-corrected chi connectivity index (χ1v) is 5.76. The van der Waals surface area contributed by atoms with E-state index in [4.69, 9.17) is 17.3 Å². The third kappa shape index (κ3) is 2.37. The Morgan fingerprint density at radius 1 is 1.47 bits per heavy atom. The van der Waals surface area contributed by atoms with E-state index in [1.807, 2.05) is 18.2 Å². The van der Waals surface area contributed by atoms with Gasteiger partial charge in [-0.05, 0) is 36.5 Å². The average molecular weight is 225 g/mol. The van der Waals surface area contributed by atoms with Gasteiger partial charge in [-0.3, -0.25) is 0 Å². The van der Waals surface area contributed by atoms with Crippen LogP contribution in [0.15, 0.2) is 18.2 Å². The molecule has 1 saturated carbocycles. The number of hydrogen-bond acceptors (Lipinski definition) is 2. The van der Waals surface area contributed by atoms with Gasteiger partial charge in [-0.15, -0.1) is 0 Å². The first kappa shape index (κ1) is 10.6. The van der Waals surface area contributed by atoms with Gasteiger partial charge < -0.3 is 11.1 Å². The van der Waals surface area contributed by atoms with Crippen LogP contribution in [0, 0.1) is 5.41 Å². The summed E-state index contributed by atoms with van der Waals surface area (Å²) >= 11 is 5.92. The van der Waals surface area contributed by atoms with Crippen LogP contribution < -0.4 is 11.1 Å². The summed E-state index contributed by atoms with van der Waals surface area (Å²) in [6.45, 7) is 3.29. The summed E-state index contributed by atoms with van der Waals surface area (Å²) in [7, 11) is 0. The van der Waals surface area contributed by atoms with Crippen molar-refractivity contribution in [3.8, 4) is 0 Å². The normalized spacial score (nSPS) is 18.3. The molecule has 2 rings (SSSR count). The van der Waals surface area contributed by atoms with Gasteiger partial charge in [0.2, 0.25) is 0 Å². The van der Waals surface area contributed by atoms with E-state index in [0.29, 0.717) is 5.41 Å². The zero-order valence-corrected chi connectivity index (χ0v) is 9.77. The summed E-state index contributed by atoms with van der Waals surface area (Å²) in [6.07, 6.45) is 3.96. The lowest BCUT2D eigenvalue weighted by Crippen LogP contribution is -2.33. The highest BCUT2D eigenvalue weighted by atomic mass is 35.5. The summed E-state index contributed by atoms with van der Waals surface area (Å²) in [6, 6.07) is 5.54. The number of hydrogen-bond donors (Lipinski definition) is 2. The van der Waals surface area contributed by atoms with Crippen LogP contribution in [0.2, 0.25) is 5.02 Å². The molecule has 0 aliphatic heterocycles. The number of nitrogens with two attached hydrogens (primary N) is 1. The van der Waals surface area contributed by atoms with Gasteiger partial charge in [0.15, 0.2) is 0 Å². The largest absolute Gasteiger partial charge is 0.397 e. The second-order valence-corrected chi connectivity index (χ2v) is 5.19. The molecule has 1 aromatic carbocycles. The third-order valence-corrected chi connectivity index (χ3v) is 3.52. The van der Waals surface area contributed by atoms with Crippen LogP contribution in [0.25, 0.3) is 0 Å². The van der Waals surface area contributed by atoms with E-state index in [1.54, 1.807) is 0 Å². The predicted octanol–water partition coefficient (Wildman–Crippen LogP) is 3.52. The molecule has 0 aromatic heterocycles. The number of rotatable bonds is 3. The topological polar surface area (TPSA) is 38.0 Å². The van der Waals surface area contributed by atoms with Gasteiger partial charge >= 0.3 is 0 Å². The monoisotopic (exact) mass is 224 g/mol. The van der Waals surface area contributed by atoms with E-state index < -0.39 is 0 Å². The second-order valence-electron chi connectivity index (χ2n) is 4.75. The standard InChI is InChI=1S/C12H17ClN2/c1-12(5-2-6-12)8-15-11-7-9(13)3-4-10(11)14/h3-4,7,15H,2,5-6,8,14H2,1H3. The first-order chi connectivity index (χ1) is 7.09. The Balaban J connectivity index is 2.01. The van der Waals surface area contributed by atoms with Crippen LogP contribution in [0.4, 0.5) is 11.4 Å². The van der Waals surface area contributed by atoms with Crippen LogP contribution in [0.1, 0.15) is 26.2 Å². The molecule has 0 atom stereocenters. The SMILES string of the molecule is CC1(CNc2cc(Cl)ccc2N)CCC1. The highest BCUT2D eigenvalue weighted by Crippen LogP contribution is 2.40. The Labute approximate surface area is 95.8 Å². The highest BCUT2D eigenvalue weighted by Gasteiger charge is 2.31. The van der Waals surface area contributed by atoms with E-state index >= 15 is 0 Å². The fourth-order valence-electron chi connectivity index (χ4n) is 1.95. The molecule has 0 spiro atoms. The lowest BCUT2D eigenvalue weighted by Gasteiger charge is -2.38. The van der Waals surface area contributed by atoms with Crippen molar-refractivity contribution in [1.82, 2.24) is 0 Å². The quantitative estimate of drug-likeness (QED) is 0.771. The third-order valence-electron chi connectivity index (χ3n) is 3.28. The minimum Gasteiger partial charge on any atom is -0.397 e. The molecular weight excluding hydrogens is 208 g/mol. The lowest BCUT2D eigenvalue weighted by atomic mass is 9.70. The Kier molecular flexibility index (Phi) is 2.79. The maximum atomic E-state index is 5.92.